The lowest BCUT2D eigenvalue weighted by atomic mass is 9.90. The molecule has 0 saturated carbocycles. The number of benzene rings is 2. The van der Waals surface area contributed by atoms with Crippen LogP contribution in [0.3, 0.4) is 0 Å². The second-order valence-electron chi connectivity index (χ2n) is 6.21. The van der Waals surface area contributed by atoms with Crippen molar-refractivity contribution in [3.05, 3.63) is 64.2 Å². The second kappa shape index (κ2) is 7.70. The van der Waals surface area contributed by atoms with E-state index >= 15 is 0 Å². The topological polar surface area (TPSA) is 55.4 Å². The van der Waals surface area contributed by atoms with Crippen LogP contribution < -0.4 is 5.32 Å². The molecule has 2 aromatic rings. The Labute approximate surface area is 152 Å². The zero-order chi connectivity index (χ0) is 17.8. The Bertz CT molecular complexity index is 803. The van der Waals surface area contributed by atoms with Gasteiger partial charge in [0.1, 0.15) is 0 Å². The van der Waals surface area contributed by atoms with Gasteiger partial charge in [0.2, 0.25) is 0 Å². The average Bonchev–Trinajstić information content (AvgIpc) is 2.63. The van der Waals surface area contributed by atoms with Gasteiger partial charge >= 0.3 is 5.97 Å². The molecule has 0 aliphatic heterocycles. The van der Waals surface area contributed by atoms with E-state index in [0.717, 1.165) is 19.3 Å². The fraction of sp³-hybridized carbons (Fsp3) is 0.300. The van der Waals surface area contributed by atoms with Gasteiger partial charge in [-0.1, -0.05) is 29.8 Å². The number of carbonyl (C=O) groups excluding carboxylic acids is 2. The second-order valence-corrected chi connectivity index (χ2v) is 6.61. The van der Waals surface area contributed by atoms with E-state index in [1.807, 2.05) is 12.1 Å². The molecule has 0 spiro atoms. The summed E-state index contributed by atoms with van der Waals surface area (Å²) >= 11 is 6.02. The highest BCUT2D eigenvalue weighted by Gasteiger charge is 2.21. The minimum Gasteiger partial charge on any atom is -0.449 e. The predicted molar refractivity (Wildman–Crippen MR) is 98.0 cm³/mol. The Morgan fingerprint density at radius 3 is 2.56 bits per heavy atom. The zero-order valence-electron chi connectivity index (χ0n) is 14.0. The molecule has 0 unspecified atom stereocenters. The molecule has 1 N–H and O–H groups in total. The maximum absolute atomic E-state index is 12.3. The third-order valence-electron chi connectivity index (χ3n) is 4.37. The summed E-state index contributed by atoms with van der Waals surface area (Å²) in [5.41, 5.74) is 3.48. The van der Waals surface area contributed by atoms with E-state index in [1.165, 1.54) is 17.5 Å². The van der Waals surface area contributed by atoms with E-state index in [0.29, 0.717) is 16.3 Å². The first-order chi connectivity index (χ1) is 12.0. The summed E-state index contributed by atoms with van der Waals surface area (Å²) in [6, 6.07) is 12.6. The molecule has 0 aromatic heterocycles. The maximum atomic E-state index is 12.3. The van der Waals surface area contributed by atoms with Crippen LogP contribution in [-0.2, 0) is 22.4 Å². The Balaban J connectivity index is 1.64. The number of amides is 1. The number of fused-ring (bicyclic) bond motifs is 1. The molecule has 4 nitrogen and oxygen atoms in total. The lowest BCUT2D eigenvalue weighted by molar-refractivity contribution is -0.123. The number of nitrogens with one attached hydrogen (secondary N) is 1. The molecule has 1 aliphatic carbocycles. The SMILES string of the molecule is C[C@@H](OC(=O)c1ccc2c(c1)CCCC2)C(=O)Nc1ccccc1Cl. The lowest BCUT2D eigenvalue weighted by Gasteiger charge is -2.17. The number of ether oxygens (including phenoxy) is 1. The minimum atomic E-state index is -0.917. The van der Waals surface area contributed by atoms with E-state index in [4.69, 9.17) is 16.3 Å². The fourth-order valence-corrected chi connectivity index (χ4v) is 3.12. The van der Waals surface area contributed by atoms with Gasteiger partial charge in [-0.25, -0.2) is 4.79 Å². The molecule has 0 bridgehead atoms. The summed E-state index contributed by atoms with van der Waals surface area (Å²) < 4.78 is 5.31. The summed E-state index contributed by atoms with van der Waals surface area (Å²) in [5, 5.41) is 3.10. The number of hydrogen-bond acceptors (Lipinski definition) is 3. The number of carbonyl (C=O) groups is 2. The summed E-state index contributed by atoms with van der Waals surface area (Å²) in [4.78, 5) is 24.6. The summed E-state index contributed by atoms with van der Waals surface area (Å²) in [7, 11) is 0. The first-order valence-corrected chi connectivity index (χ1v) is 8.80. The van der Waals surface area contributed by atoms with Crippen LogP contribution in [0.1, 0.15) is 41.3 Å². The summed E-state index contributed by atoms with van der Waals surface area (Å²) in [5.74, 6) is -0.908. The molecular weight excluding hydrogens is 338 g/mol. The van der Waals surface area contributed by atoms with Crippen molar-refractivity contribution >= 4 is 29.2 Å². The molecule has 5 heteroatoms. The normalized spacial score (nSPS) is 14.3. The standard InChI is InChI=1S/C20H20ClNO3/c1-13(19(23)22-18-9-5-4-8-17(18)21)25-20(24)16-11-10-14-6-2-3-7-15(14)12-16/h4-5,8-13H,2-3,6-7H2,1H3,(H,22,23)/t13-/m1/s1. The Kier molecular flexibility index (Phi) is 5.39. The van der Waals surface area contributed by atoms with Crippen LogP contribution in [0.15, 0.2) is 42.5 Å². The fourth-order valence-electron chi connectivity index (χ4n) is 2.94. The third kappa shape index (κ3) is 4.20. The highest BCUT2D eigenvalue weighted by molar-refractivity contribution is 6.33. The molecule has 0 saturated heterocycles. The highest BCUT2D eigenvalue weighted by atomic mass is 35.5. The number of para-hydroxylation sites is 1. The van der Waals surface area contributed by atoms with Crippen molar-refractivity contribution in [2.24, 2.45) is 0 Å². The Morgan fingerprint density at radius 1 is 1.08 bits per heavy atom. The number of anilines is 1. The van der Waals surface area contributed by atoms with Gasteiger partial charge in [0, 0.05) is 0 Å². The van der Waals surface area contributed by atoms with E-state index in [-0.39, 0.29) is 0 Å². The lowest BCUT2D eigenvalue weighted by Crippen LogP contribution is -2.30. The van der Waals surface area contributed by atoms with Gasteiger partial charge in [-0.2, -0.15) is 0 Å². The first kappa shape index (κ1) is 17.5. The monoisotopic (exact) mass is 357 g/mol. The van der Waals surface area contributed by atoms with Crippen LogP contribution in [0.25, 0.3) is 0 Å². The average molecular weight is 358 g/mol. The van der Waals surface area contributed by atoms with Crippen molar-refractivity contribution in [1.82, 2.24) is 0 Å². The Hall–Kier alpha value is -2.33. The Morgan fingerprint density at radius 2 is 1.80 bits per heavy atom. The quantitative estimate of drug-likeness (QED) is 0.825. The van der Waals surface area contributed by atoms with Crippen molar-refractivity contribution < 1.29 is 14.3 Å². The largest absolute Gasteiger partial charge is 0.449 e. The molecule has 2 aromatic carbocycles. The maximum Gasteiger partial charge on any atom is 0.338 e. The molecule has 130 valence electrons. The molecule has 1 atom stereocenters. The minimum absolute atomic E-state index is 0.417. The van der Waals surface area contributed by atoms with Crippen molar-refractivity contribution in [3.8, 4) is 0 Å². The van der Waals surface area contributed by atoms with E-state index < -0.39 is 18.0 Å². The van der Waals surface area contributed by atoms with Crippen LogP contribution in [0.2, 0.25) is 5.02 Å². The summed E-state index contributed by atoms with van der Waals surface area (Å²) in [6.07, 6.45) is 3.46. The molecule has 0 heterocycles. The van der Waals surface area contributed by atoms with Gasteiger partial charge in [0.15, 0.2) is 6.10 Å². The van der Waals surface area contributed by atoms with Crippen LogP contribution in [0.5, 0.6) is 0 Å². The van der Waals surface area contributed by atoms with Gasteiger partial charge in [-0.05, 0) is 68.0 Å². The van der Waals surface area contributed by atoms with E-state index in [1.54, 1.807) is 37.3 Å². The van der Waals surface area contributed by atoms with Crippen LogP contribution in [-0.4, -0.2) is 18.0 Å². The smallest absolute Gasteiger partial charge is 0.338 e. The molecule has 0 fully saturated rings. The molecule has 1 amide bonds. The van der Waals surface area contributed by atoms with E-state index in [9.17, 15) is 9.59 Å². The first-order valence-electron chi connectivity index (χ1n) is 8.43. The zero-order valence-corrected chi connectivity index (χ0v) is 14.8. The van der Waals surface area contributed by atoms with Gasteiger partial charge in [0.25, 0.3) is 5.91 Å². The summed E-state index contributed by atoms with van der Waals surface area (Å²) in [6.45, 7) is 1.54. The highest BCUT2D eigenvalue weighted by Crippen LogP contribution is 2.23. The molecule has 1 aliphatic rings. The van der Waals surface area contributed by atoms with Crippen LogP contribution in [0.4, 0.5) is 5.69 Å². The number of rotatable bonds is 4. The third-order valence-corrected chi connectivity index (χ3v) is 4.70. The number of aryl methyl sites for hydroxylation is 2. The van der Waals surface area contributed by atoms with Gasteiger partial charge < -0.3 is 10.1 Å². The van der Waals surface area contributed by atoms with Gasteiger partial charge in [-0.3, -0.25) is 4.79 Å². The van der Waals surface area contributed by atoms with Crippen molar-refractivity contribution in [2.45, 2.75) is 38.7 Å². The molecule has 3 rings (SSSR count). The van der Waals surface area contributed by atoms with Crippen molar-refractivity contribution in [3.63, 3.8) is 0 Å². The number of halogens is 1. The van der Waals surface area contributed by atoms with Crippen LogP contribution in [0, 0.1) is 0 Å². The number of hydrogen-bond donors (Lipinski definition) is 1. The van der Waals surface area contributed by atoms with Crippen molar-refractivity contribution in [1.29, 1.82) is 0 Å². The molecule has 25 heavy (non-hydrogen) atoms. The van der Waals surface area contributed by atoms with E-state index in [2.05, 4.69) is 5.32 Å². The number of esters is 1. The van der Waals surface area contributed by atoms with Gasteiger partial charge in [0.05, 0.1) is 16.3 Å². The van der Waals surface area contributed by atoms with Crippen LogP contribution >= 0.6 is 11.6 Å². The molecule has 0 radical (unpaired) electrons. The molecular formula is C20H20ClNO3. The predicted octanol–water partition coefficient (Wildman–Crippen LogP) is 4.40. The van der Waals surface area contributed by atoms with Crippen molar-refractivity contribution in [2.75, 3.05) is 5.32 Å². The van der Waals surface area contributed by atoms with Gasteiger partial charge in [-0.15, -0.1) is 0 Å².